The highest BCUT2D eigenvalue weighted by Gasteiger charge is 2.60. The summed E-state index contributed by atoms with van der Waals surface area (Å²) in [7, 11) is 0. The van der Waals surface area contributed by atoms with Crippen molar-refractivity contribution >= 4 is 44.8 Å². The number of ether oxygens (including phenoxy) is 1. The third-order valence-electron chi connectivity index (χ3n) is 5.85. The van der Waals surface area contributed by atoms with Crippen LogP contribution in [-0.4, -0.2) is 16.6 Å². The van der Waals surface area contributed by atoms with Gasteiger partial charge < -0.3 is 10.1 Å². The summed E-state index contributed by atoms with van der Waals surface area (Å²) in [5.41, 5.74) is 3.03. The fourth-order valence-corrected chi connectivity index (χ4v) is 4.97. The van der Waals surface area contributed by atoms with E-state index in [1.807, 2.05) is 71.7 Å². The molecule has 6 rings (SSSR count). The van der Waals surface area contributed by atoms with Crippen molar-refractivity contribution in [3.63, 3.8) is 0 Å². The zero-order valence-corrected chi connectivity index (χ0v) is 17.9. The van der Waals surface area contributed by atoms with Crippen molar-refractivity contribution in [1.29, 1.82) is 0 Å². The first-order valence-electron chi connectivity index (χ1n) is 9.58. The second-order valence-electron chi connectivity index (χ2n) is 7.55. The molecular weight excluding hydrogens is 466 g/mol. The lowest BCUT2D eigenvalue weighted by Gasteiger charge is -2.44. The Bertz CT molecular complexity index is 1240. The van der Waals surface area contributed by atoms with E-state index in [2.05, 4.69) is 21.2 Å². The van der Waals surface area contributed by atoms with E-state index in [9.17, 15) is 4.79 Å². The molecule has 1 N–H and O–H groups in total. The van der Waals surface area contributed by atoms with Crippen molar-refractivity contribution in [2.45, 2.75) is 18.2 Å². The van der Waals surface area contributed by atoms with E-state index in [-0.39, 0.29) is 11.9 Å². The molecule has 2 unspecified atom stereocenters. The molecule has 7 heteroatoms. The van der Waals surface area contributed by atoms with Crippen LogP contribution < -0.4 is 10.1 Å². The number of hydrogen-bond acceptors (Lipinski definition) is 4. The van der Waals surface area contributed by atoms with E-state index in [0.717, 1.165) is 32.6 Å². The second kappa shape index (κ2) is 6.33. The SMILES string of the molecule is O=C1Nc2ccc(Br)cc2C12Oc1ccccc1C1CC(c3ccc(Cl)cc3)=NN12. The zero-order valence-electron chi connectivity index (χ0n) is 15.6. The van der Waals surface area contributed by atoms with E-state index < -0.39 is 5.72 Å². The summed E-state index contributed by atoms with van der Waals surface area (Å²) in [5.74, 6) is 0.463. The Morgan fingerprint density at radius 2 is 1.93 bits per heavy atom. The number of nitrogens with one attached hydrogen (secondary N) is 1. The largest absolute Gasteiger partial charge is 0.453 e. The van der Waals surface area contributed by atoms with Gasteiger partial charge in [-0.1, -0.05) is 57.9 Å². The van der Waals surface area contributed by atoms with Gasteiger partial charge in [0.15, 0.2) is 0 Å². The van der Waals surface area contributed by atoms with Gasteiger partial charge >= 0.3 is 5.72 Å². The highest BCUT2D eigenvalue weighted by atomic mass is 79.9. The van der Waals surface area contributed by atoms with Crippen LogP contribution in [0.4, 0.5) is 5.69 Å². The molecule has 1 amide bonds. The maximum atomic E-state index is 13.4. The molecule has 30 heavy (non-hydrogen) atoms. The Hall–Kier alpha value is -2.83. The Morgan fingerprint density at radius 3 is 2.77 bits per heavy atom. The van der Waals surface area contributed by atoms with Gasteiger partial charge in [-0.2, -0.15) is 5.10 Å². The lowest BCUT2D eigenvalue weighted by molar-refractivity contribution is -0.161. The van der Waals surface area contributed by atoms with Crippen LogP contribution in [0.5, 0.6) is 5.75 Å². The number of carbonyl (C=O) groups is 1. The average Bonchev–Trinajstić information content (AvgIpc) is 3.30. The normalized spacial score (nSPS) is 23.4. The minimum absolute atomic E-state index is 0.115. The van der Waals surface area contributed by atoms with Gasteiger partial charge in [0.1, 0.15) is 5.75 Å². The first-order valence-corrected chi connectivity index (χ1v) is 10.8. The van der Waals surface area contributed by atoms with E-state index in [1.165, 1.54) is 0 Å². The first-order chi connectivity index (χ1) is 14.6. The van der Waals surface area contributed by atoms with Gasteiger partial charge in [0.2, 0.25) is 0 Å². The van der Waals surface area contributed by atoms with Crippen molar-refractivity contribution in [2.24, 2.45) is 5.10 Å². The molecule has 0 saturated carbocycles. The van der Waals surface area contributed by atoms with Gasteiger partial charge in [0.05, 0.1) is 23.0 Å². The summed E-state index contributed by atoms with van der Waals surface area (Å²) in [6.45, 7) is 0. The molecule has 0 aromatic heterocycles. The Kier molecular flexibility index (Phi) is 3.80. The summed E-state index contributed by atoms with van der Waals surface area (Å²) in [5, 5.41) is 10.4. The third-order valence-corrected chi connectivity index (χ3v) is 6.59. The smallest absolute Gasteiger partial charge is 0.306 e. The van der Waals surface area contributed by atoms with Crippen LogP contribution in [0, 0.1) is 0 Å². The van der Waals surface area contributed by atoms with Crippen LogP contribution in [0.1, 0.15) is 29.2 Å². The van der Waals surface area contributed by atoms with Gasteiger partial charge in [0.25, 0.3) is 5.91 Å². The quantitative estimate of drug-likeness (QED) is 0.504. The predicted octanol–water partition coefficient (Wildman–Crippen LogP) is 5.45. The van der Waals surface area contributed by atoms with Crippen LogP contribution in [0.2, 0.25) is 5.02 Å². The molecule has 148 valence electrons. The van der Waals surface area contributed by atoms with Crippen LogP contribution in [0.3, 0.4) is 0 Å². The molecule has 0 saturated heterocycles. The lowest BCUT2D eigenvalue weighted by atomic mass is 9.92. The number of carbonyl (C=O) groups excluding carboxylic acids is 1. The fourth-order valence-electron chi connectivity index (χ4n) is 4.48. The number of benzene rings is 3. The molecular formula is C23H15BrClN3O2. The minimum atomic E-state index is -1.35. The molecule has 3 aromatic rings. The molecule has 1 spiro atoms. The van der Waals surface area contributed by atoms with Gasteiger partial charge in [-0.3, -0.25) is 4.79 Å². The molecule has 3 aliphatic rings. The Morgan fingerprint density at radius 1 is 1.13 bits per heavy atom. The van der Waals surface area contributed by atoms with Crippen LogP contribution in [0.15, 0.2) is 76.3 Å². The molecule has 0 bridgehead atoms. The maximum absolute atomic E-state index is 13.4. The number of amides is 1. The second-order valence-corrected chi connectivity index (χ2v) is 8.90. The molecule has 3 aliphatic heterocycles. The molecule has 3 heterocycles. The molecule has 0 radical (unpaired) electrons. The monoisotopic (exact) mass is 479 g/mol. The predicted molar refractivity (Wildman–Crippen MR) is 119 cm³/mol. The molecule has 0 fully saturated rings. The van der Waals surface area contributed by atoms with Crippen LogP contribution in [-0.2, 0) is 10.5 Å². The number of fused-ring (bicyclic) bond motifs is 6. The molecule has 0 aliphatic carbocycles. The van der Waals surface area contributed by atoms with E-state index in [4.69, 9.17) is 21.4 Å². The molecule has 2 atom stereocenters. The number of nitrogens with zero attached hydrogens (tertiary/aromatic N) is 2. The number of rotatable bonds is 1. The summed E-state index contributed by atoms with van der Waals surface area (Å²) in [6, 6.07) is 21.1. The zero-order chi connectivity index (χ0) is 20.5. The lowest BCUT2D eigenvalue weighted by Crippen LogP contribution is -2.55. The average molecular weight is 481 g/mol. The van der Waals surface area contributed by atoms with Crippen molar-refractivity contribution in [3.8, 4) is 5.75 Å². The minimum Gasteiger partial charge on any atom is -0.453 e. The topological polar surface area (TPSA) is 53.9 Å². The summed E-state index contributed by atoms with van der Waals surface area (Å²) < 4.78 is 7.33. The van der Waals surface area contributed by atoms with E-state index in [0.29, 0.717) is 17.2 Å². The summed E-state index contributed by atoms with van der Waals surface area (Å²) in [4.78, 5) is 13.4. The van der Waals surface area contributed by atoms with Gasteiger partial charge in [-0.15, -0.1) is 0 Å². The number of halogens is 2. The van der Waals surface area contributed by atoms with Gasteiger partial charge in [-0.25, -0.2) is 5.01 Å². The number of para-hydroxylation sites is 1. The number of anilines is 1. The van der Waals surface area contributed by atoms with Gasteiger partial charge in [0, 0.05) is 21.5 Å². The van der Waals surface area contributed by atoms with Crippen molar-refractivity contribution < 1.29 is 9.53 Å². The van der Waals surface area contributed by atoms with Crippen molar-refractivity contribution in [2.75, 3.05) is 5.32 Å². The maximum Gasteiger partial charge on any atom is 0.306 e. The van der Waals surface area contributed by atoms with Crippen LogP contribution in [0.25, 0.3) is 0 Å². The molecule has 3 aromatic carbocycles. The standard InChI is InChI=1S/C23H15BrClN3O2/c24-14-7-10-18-17(11-14)23(22(29)26-18)28-20(16-3-1-2-4-21(16)30-23)12-19(27-28)13-5-8-15(25)9-6-13/h1-11,20H,12H2,(H,26,29). The van der Waals surface area contributed by atoms with E-state index in [1.54, 1.807) is 0 Å². The highest BCUT2D eigenvalue weighted by molar-refractivity contribution is 9.10. The summed E-state index contributed by atoms with van der Waals surface area (Å²) >= 11 is 9.60. The number of hydrogen-bond donors (Lipinski definition) is 1. The number of hydrazone groups is 1. The fraction of sp³-hybridized carbons (Fsp3) is 0.130. The Balaban J connectivity index is 1.57. The highest BCUT2D eigenvalue weighted by Crippen LogP contribution is 2.54. The van der Waals surface area contributed by atoms with Crippen molar-refractivity contribution in [3.05, 3.63) is 92.9 Å². The van der Waals surface area contributed by atoms with Gasteiger partial charge in [-0.05, 0) is 42.0 Å². The Labute approximate surface area is 186 Å². The first kappa shape index (κ1) is 18.0. The van der Waals surface area contributed by atoms with E-state index >= 15 is 0 Å². The summed E-state index contributed by atoms with van der Waals surface area (Å²) in [6.07, 6.45) is 0.667. The molecule has 5 nitrogen and oxygen atoms in total. The van der Waals surface area contributed by atoms with Crippen LogP contribution >= 0.6 is 27.5 Å². The third kappa shape index (κ3) is 2.41. The van der Waals surface area contributed by atoms with Crippen molar-refractivity contribution in [1.82, 2.24) is 5.01 Å².